The van der Waals surface area contributed by atoms with Crippen molar-refractivity contribution in [3.05, 3.63) is 80.9 Å². The van der Waals surface area contributed by atoms with E-state index in [-0.39, 0.29) is 37.1 Å². The Morgan fingerprint density at radius 3 is 2.56 bits per heavy atom. The molecule has 4 aliphatic rings. The average Bonchev–Trinajstić information content (AvgIpc) is 3.58. The number of hydrogen-bond acceptors (Lipinski definition) is 10. The molecule has 5 atom stereocenters. The molecule has 3 aromatic carbocycles. The highest BCUT2D eigenvalue weighted by Crippen LogP contribution is 2.58. The largest absolute Gasteiger partial charge is 0.504 e. The van der Waals surface area contributed by atoms with Gasteiger partial charge in [-0.25, -0.2) is 0 Å². The lowest BCUT2D eigenvalue weighted by Crippen LogP contribution is -2.68. The number of hydrogen-bond donors (Lipinski definition) is 2. The fourth-order valence-corrected chi connectivity index (χ4v) is 8.56. The van der Waals surface area contributed by atoms with Crippen LogP contribution in [0.3, 0.4) is 0 Å². The van der Waals surface area contributed by atoms with Crippen LogP contribution in [0.15, 0.2) is 36.4 Å². The lowest BCUT2D eigenvalue weighted by atomic mass is 9.71. The van der Waals surface area contributed by atoms with Crippen molar-refractivity contribution in [3.8, 4) is 34.8 Å². The summed E-state index contributed by atoms with van der Waals surface area (Å²) in [5.41, 5.74) is 3.50. The van der Waals surface area contributed by atoms with Crippen molar-refractivity contribution in [3.63, 3.8) is 0 Å². The summed E-state index contributed by atoms with van der Waals surface area (Å²) in [5.74, 6) is 0.350. The Morgan fingerprint density at radius 1 is 1.12 bits per heavy atom. The van der Waals surface area contributed by atoms with Crippen LogP contribution >= 0.6 is 0 Å². The van der Waals surface area contributed by atoms with Crippen LogP contribution in [0.1, 0.15) is 63.5 Å². The number of ether oxygens (including phenoxy) is 4. The number of nitrogens with one attached hydrogen (secondary N) is 1. The van der Waals surface area contributed by atoms with Gasteiger partial charge in [0, 0.05) is 53.9 Å². The van der Waals surface area contributed by atoms with E-state index in [0.29, 0.717) is 51.7 Å². The van der Waals surface area contributed by atoms with E-state index >= 15 is 0 Å². The molecule has 2 bridgehead atoms. The zero-order valence-corrected chi connectivity index (χ0v) is 29.1. The van der Waals surface area contributed by atoms with E-state index in [1.807, 2.05) is 20.0 Å². The van der Waals surface area contributed by atoms with Crippen LogP contribution in [0.2, 0.25) is 0 Å². The highest BCUT2D eigenvalue weighted by Gasteiger charge is 2.57. The number of alkyl halides is 3. The maximum absolute atomic E-state index is 13.3. The minimum Gasteiger partial charge on any atom is -0.504 e. The fourth-order valence-electron chi connectivity index (χ4n) is 8.56. The van der Waals surface area contributed by atoms with E-state index in [4.69, 9.17) is 18.9 Å². The molecule has 4 heterocycles. The number of phenolic OH excluding ortho intramolecular Hbond substituents is 1. The van der Waals surface area contributed by atoms with Gasteiger partial charge in [0.15, 0.2) is 23.0 Å². The number of benzene rings is 3. The summed E-state index contributed by atoms with van der Waals surface area (Å²) < 4.78 is 63.3. The van der Waals surface area contributed by atoms with Crippen molar-refractivity contribution in [2.75, 3.05) is 27.5 Å². The third kappa shape index (κ3) is 5.68. The number of carbonyl (C=O) groups is 2. The van der Waals surface area contributed by atoms with Crippen LogP contribution in [0.5, 0.6) is 28.7 Å². The number of nitrogens with zero attached hydrogens (tertiary/aromatic N) is 3. The first-order valence-electron chi connectivity index (χ1n) is 16.8. The number of rotatable bonds is 6. The molecule has 1 amide bonds. The third-order valence-electron chi connectivity index (χ3n) is 10.6. The molecule has 1 saturated heterocycles. The van der Waals surface area contributed by atoms with Gasteiger partial charge in [-0.05, 0) is 68.6 Å². The number of likely N-dealkylation sites (N-methyl/N-ethyl adjacent to an activating group) is 1. The Hall–Kier alpha value is -5.26. The van der Waals surface area contributed by atoms with Gasteiger partial charge < -0.3 is 29.4 Å². The van der Waals surface area contributed by atoms with Crippen molar-refractivity contribution >= 4 is 18.0 Å². The van der Waals surface area contributed by atoms with E-state index in [1.54, 1.807) is 6.92 Å². The Labute approximate surface area is 298 Å². The number of piperazine rings is 1. The van der Waals surface area contributed by atoms with E-state index in [2.05, 4.69) is 21.2 Å². The molecule has 0 saturated carbocycles. The number of carbonyl (C=O) groups excluding carboxylic acids is 2. The van der Waals surface area contributed by atoms with Crippen molar-refractivity contribution in [1.29, 1.82) is 5.26 Å². The Morgan fingerprint density at radius 2 is 1.87 bits per heavy atom. The smallest absolute Gasteiger partial charge is 0.416 e. The highest BCUT2D eigenvalue weighted by atomic mass is 19.4. The second-order valence-corrected chi connectivity index (χ2v) is 13.5. The van der Waals surface area contributed by atoms with E-state index in [1.165, 1.54) is 32.2 Å². The van der Waals surface area contributed by atoms with Crippen molar-refractivity contribution in [2.45, 2.75) is 70.0 Å². The molecule has 7 rings (SSSR count). The van der Waals surface area contributed by atoms with Crippen molar-refractivity contribution in [1.82, 2.24) is 15.1 Å². The molecule has 14 heteroatoms. The first-order valence-corrected chi connectivity index (χ1v) is 16.8. The Kier molecular flexibility index (Phi) is 8.83. The van der Waals surface area contributed by atoms with Gasteiger partial charge in [-0.3, -0.25) is 19.4 Å². The summed E-state index contributed by atoms with van der Waals surface area (Å²) in [7, 11) is 3.42. The molecule has 0 aromatic heterocycles. The normalized spacial score (nSPS) is 23.3. The molecular formula is C38H37F3N4O7. The predicted octanol–water partition coefficient (Wildman–Crippen LogP) is 5.29. The molecule has 1 fully saturated rings. The van der Waals surface area contributed by atoms with Crippen LogP contribution in [0.25, 0.3) is 6.08 Å². The van der Waals surface area contributed by atoms with Gasteiger partial charge in [-0.2, -0.15) is 18.4 Å². The molecule has 0 aliphatic carbocycles. The minimum atomic E-state index is -4.54. The zero-order valence-electron chi connectivity index (χ0n) is 29.1. The van der Waals surface area contributed by atoms with Crippen LogP contribution < -0.4 is 24.3 Å². The summed E-state index contributed by atoms with van der Waals surface area (Å²) >= 11 is 0. The van der Waals surface area contributed by atoms with Gasteiger partial charge in [-0.15, -0.1) is 0 Å². The van der Waals surface area contributed by atoms with Crippen LogP contribution in [0, 0.1) is 25.2 Å². The standard InChI is InChI=1S/C38H37F3N4O7/c1-18-11-22-13-25-27(15-42)45-26(32(44(25)4)30(22)33(48)34(18)49-5)14-24-31(37-36(50-17-51-37)19(2)35(24)52-20(3)46)28(45)16-43-29(47)10-9-21-7-6-8-23(12-21)38(39,40)41/h6-12,25-28,32,48H,13-14,16-17H2,1-5H3,(H,43,47)/t25-,26?,27+,28+,32+/m1/s1. The number of halogens is 3. The molecule has 1 unspecified atom stereocenters. The Bertz CT molecular complexity index is 2060. The lowest BCUT2D eigenvalue weighted by Gasteiger charge is -2.60. The fraction of sp³-hybridized carbons (Fsp3) is 0.395. The first-order chi connectivity index (χ1) is 24.7. The molecule has 52 heavy (non-hydrogen) atoms. The van der Waals surface area contributed by atoms with E-state index in [0.717, 1.165) is 29.3 Å². The zero-order chi connectivity index (χ0) is 37.2. The van der Waals surface area contributed by atoms with E-state index in [9.17, 15) is 33.1 Å². The number of aromatic hydroxyl groups is 1. The maximum atomic E-state index is 13.3. The summed E-state index contributed by atoms with van der Waals surface area (Å²) in [5, 5.41) is 25.4. The molecule has 0 spiro atoms. The summed E-state index contributed by atoms with van der Waals surface area (Å²) in [4.78, 5) is 30.0. The average molecular weight is 719 g/mol. The van der Waals surface area contributed by atoms with Crippen molar-refractivity contribution in [2.24, 2.45) is 0 Å². The van der Waals surface area contributed by atoms with Crippen LogP contribution in [0.4, 0.5) is 13.2 Å². The number of methoxy groups -OCH3 is 1. The molecule has 3 aromatic rings. The maximum Gasteiger partial charge on any atom is 0.416 e. The molecule has 0 radical (unpaired) electrons. The van der Waals surface area contributed by atoms with Gasteiger partial charge in [0.2, 0.25) is 12.7 Å². The second kappa shape index (κ2) is 13.1. The minimum absolute atomic E-state index is 0.0145. The SMILES string of the molecule is COc1c(C)cc2c(c1O)[C@@H]1C3Cc4c(OC(C)=O)c(C)c5c(c4[C@H](CNC(=O)C=Cc4cccc(C(F)(F)F)c4)N3[C@@H](C#N)[C@@H](C2)N1C)OCO5. The molecule has 4 aliphatic heterocycles. The number of aryl methyl sites for hydroxylation is 1. The topological polar surface area (TPSA) is 134 Å². The van der Waals surface area contributed by atoms with Crippen molar-refractivity contribution < 1.29 is 46.8 Å². The number of amides is 1. The quantitative estimate of drug-likeness (QED) is 0.197. The number of fused-ring (bicyclic) bond motifs is 9. The lowest BCUT2D eigenvalue weighted by molar-refractivity contribution is -0.137. The second-order valence-electron chi connectivity index (χ2n) is 13.5. The third-order valence-corrected chi connectivity index (χ3v) is 10.6. The Balaban J connectivity index is 1.35. The van der Waals surface area contributed by atoms with Gasteiger partial charge in [0.25, 0.3) is 0 Å². The summed E-state index contributed by atoms with van der Waals surface area (Å²) in [6.07, 6.45) is -1.34. The number of esters is 1. The van der Waals surface area contributed by atoms with Gasteiger partial charge in [0.05, 0.1) is 30.8 Å². The van der Waals surface area contributed by atoms with E-state index < -0.39 is 47.8 Å². The summed E-state index contributed by atoms with van der Waals surface area (Å²) in [6.45, 7) is 4.78. The highest BCUT2D eigenvalue weighted by molar-refractivity contribution is 5.91. The van der Waals surface area contributed by atoms with Gasteiger partial charge >= 0.3 is 12.1 Å². The van der Waals surface area contributed by atoms with Gasteiger partial charge in [0.1, 0.15) is 11.8 Å². The molecule has 11 nitrogen and oxygen atoms in total. The molecule has 2 N–H and O–H groups in total. The van der Waals surface area contributed by atoms with Gasteiger partial charge in [-0.1, -0.05) is 18.2 Å². The summed E-state index contributed by atoms with van der Waals surface area (Å²) in [6, 6.07) is 6.51. The number of nitriles is 1. The predicted molar refractivity (Wildman–Crippen MR) is 181 cm³/mol. The van der Waals surface area contributed by atoms with Crippen LogP contribution in [-0.4, -0.2) is 72.4 Å². The molecular weight excluding hydrogens is 681 g/mol. The monoisotopic (exact) mass is 718 g/mol. The number of phenols is 1. The van der Waals surface area contributed by atoms with Crippen LogP contribution in [-0.2, 0) is 28.6 Å². The molecule has 272 valence electrons. The first kappa shape index (κ1) is 35.2.